The highest BCUT2D eigenvalue weighted by molar-refractivity contribution is 7.98. The van der Waals surface area contributed by atoms with Crippen LogP contribution in [0.25, 0.3) is 0 Å². The van der Waals surface area contributed by atoms with Crippen molar-refractivity contribution in [2.45, 2.75) is 43.4 Å². The van der Waals surface area contributed by atoms with E-state index in [9.17, 15) is 5.11 Å². The summed E-state index contributed by atoms with van der Waals surface area (Å²) in [5.41, 5.74) is 0.923. The van der Waals surface area contributed by atoms with Gasteiger partial charge in [-0.25, -0.2) is 0 Å². The van der Waals surface area contributed by atoms with E-state index >= 15 is 0 Å². The van der Waals surface area contributed by atoms with Crippen LogP contribution in [0.5, 0.6) is 0 Å². The number of benzene rings is 1. The van der Waals surface area contributed by atoms with Crippen molar-refractivity contribution in [1.29, 1.82) is 0 Å². The first-order valence-electron chi connectivity index (χ1n) is 6.41. The van der Waals surface area contributed by atoms with Gasteiger partial charge in [-0.05, 0) is 31.0 Å². The molecule has 0 saturated heterocycles. The summed E-state index contributed by atoms with van der Waals surface area (Å²) in [6, 6.07) is 7.86. The van der Waals surface area contributed by atoms with Gasteiger partial charge in [-0.3, -0.25) is 0 Å². The summed E-state index contributed by atoms with van der Waals surface area (Å²) in [5.74, 6) is 2.11. The fourth-order valence-electron chi connectivity index (χ4n) is 1.66. The smallest absolute Gasteiger partial charge is 0.237 e. The highest BCUT2D eigenvalue weighted by Crippen LogP contribution is 2.24. The number of rotatable bonds is 6. The molecule has 0 aliphatic heterocycles. The van der Waals surface area contributed by atoms with E-state index in [4.69, 9.17) is 4.52 Å². The molecule has 0 saturated carbocycles. The number of hydrogen-bond acceptors (Lipinski definition) is 5. The van der Waals surface area contributed by atoms with E-state index in [0.29, 0.717) is 11.6 Å². The molecule has 1 aromatic carbocycles. The number of aryl methyl sites for hydroxylation is 1. The molecule has 19 heavy (non-hydrogen) atoms. The molecule has 0 fully saturated rings. The Labute approximate surface area is 117 Å². The molecule has 0 spiro atoms. The predicted octanol–water partition coefficient (Wildman–Crippen LogP) is 3.37. The fraction of sp³-hybridized carbons (Fsp3) is 0.429. The summed E-state index contributed by atoms with van der Waals surface area (Å²) in [7, 11) is 0. The molecule has 2 rings (SSSR count). The van der Waals surface area contributed by atoms with Gasteiger partial charge in [0.05, 0.1) is 11.9 Å². The molecule has 102 valence electrons. The van der Waals surface area contributed by atoms with Gasteiger partial charge in [-0.15, -0.1) is 11.8 Å². The predicted molar refractivity (Wildman–Crippen MR) is 74.9 cm³/mol. The lowest BCUT2D eigenvalue weighted by atomic mass is 10.1. The van der Waals surface area contributed by atoms with Crippen molar-refractivity contribution >= 4 is 11.8 Å². The van der Waals surface area contributed by atoms with E-state index in [0.717, 1.165) is 29.1 Å². The van der Waals surface area contributed by atoms with Gasteiger partial charge in [0.15, 0.2) is 5.82 Å². The lowest BCUT2D eigenvalue weighted by Gasteiger charge is -2.05. The molecule has 1 unspecified atom stereocenters. The second-order valence-corrected chi connectivity index (χ2v) is 5.44. The number of thioether (sulfide) groups is 1. The number of aliphatic hydroxyl groups is 1. The van der Waals surface area contributed by atoms with Crippen LogP contribution in [0.15, 0.2) is 33.7 Å². The van der Waals surface area contributed by atoms with Crippen LogP contribution in [0, 0.1) is 0 Å². The van der Waals surface area contributed by atoms with Gasteiger partial charge in [0, 0.05) is 11.3 Å². The van der Waals surface area contributed by atoms with Gasteiger partial charge >= 0.3 is 0 Å². The first-order valence-corrected chi connectivity index (χ1v) is 7.40. The monoisotopic (exact) mass is 278 g/mol. The molecule has 4 nitrogen and oxygen atoms in total. The quantitative estimate of drug-likeness (QED) is 0.821. The largest absolute Gasteiger partial charge is 0.389 e. The van der Waals surface area contributed by atoms with E-state index in [1.54, 1.807) is 18.7 Å². The van der Waals surface area contributed by atoms with E-state index in [2.05, 4.69) is 17.1 Å². The van der Waals surface area contributed by atoms with E-state index in [-0.39, 0.29) is 0 Å². The van der Waals surface area contributed by atoms with Crippen molar-refractivity contribution in [1.82, 2.24) is 10.1 Å². The molecule has 0 radical (unpaired) electrons. The Kier molecular flexibility index (Phi) is 4.99. The van der Waals surface area contributed by atoms with Gasteiger partial charge in [-0.2, -0.15) is 4.98 Å². The second kappa shape index (κ2) is 6.73. The maximum absolute atomic E-state index is 9.44. The van der Waals surface area contributed by atoms with Gasteiger partial charge in [0.25, 0.3) is 0 Å². The Bertz CT molecular complexity index is 508. The summed E-state index contributed by atoms with van der Waals surface area (Å²) in [4.78, 5) is 5.45. The van der Waals surface area contributed by atoms with Gasteiger partial charge in [0.1, 0.15) is 0 Å². The van der Waals surface area contributed by atoms with E-state index in [1.807, 2.05) is 24.3 Å². The summed E-state index contributed by atoms with van der Waals surface area (Å²) >= 11 is 1.65. The molecule has 5 heteroatoms. The van der Waals surface area contributed by atoms with Crippen LogP contribution in [-0.4, -0.2) is 15.2 Å². The van der Waals surface area contributed by atoms with Crippen molar-refractivity contribution in [2.75, 3.05) is 0 Å². The van der Waals surface area contributed by atoms with E-state index in [1.165, 1.54) is 0 Å². The lowest BCUT2D eigenvalue weighted by Crippen LogP contribution is -1.90. The van der Waals surface area contributed by atoms with Gasteiger partial charge in [0.2, 0.25) is 5.89 Å². The average molecular weight is 278 g/mol. The zero-order valence-corrected chi connectivity index (χ0v) is 12.0. The minimum Gasteiger partial charge on any atom is -0.389 e. The molecule has 2 aromatic rings. The third kappa shape index (κ3) is 4.08. The number of aliphatic hydroxyl groups excluding tert-OH is 1. The Morgan fingerprint density at radius 2 is 2.05 bits per heavy atom. The molecule has 0 bridgehead atoms. The number of hydrogen-bond donors (Lipinski definition) is 1. The highest BCUT2D eigenvalue weighted by Gasteiger charge is 2.06. The minimum atomic E-state index is -0.424. The average Bonchev–Trinajstić information content (AvgIpc) is 2.85. The van der Waals surface area contributed by atoms with Crippen LogP contribution in [0.4, 0.5) is 0 Å². The van der Waals surface area contributed by atoms with Crippen LogP contribution in [0.3, 0.4) is 0 Å². The van der Waals surface area contributed by atoms with Gasteiger partial charge < -0.3 is 9.63 Å². The van der Waals surface area contributed by atoms with Gasteiger partial charge in [-0.1, -0.05) is 24.2 Å². The van der Waals surface area contributed by atoms with Crippen molar-refractivity contribution < 1.29 is 9.63 Å². The Hall–Kier alpha value is -1.33. The van der Waals surface area contributed by atoms with Crippen molar-refractivity contribution in [2.24, 2.45) is 0 Å². The SMILES string of the molecule is CCCc1noc(CSc2ccc(C(C)O)cc2)n1. The minimum absolute atomic E-state index is 0.424. The molecule has 0 aliphatic rings. The highest BCUT2D eigenvalue weighted by atomic mass is 32.2. The zero-order valence-electron chi connectivity index (χ0n) is 11.2. The van der Waals surface area contributed by atoms with Crippen molar-refractivity contribution in [3.05, 3.63) is 41.5 Å². The molecular weight excluding hydrogens is 260 g/mol. The summed E-state index contributed by atoms with van der Waals surface area (Å²) in [6.07, 6.45) is 1.45. The van der Waals surface area contributed by atoms with Crippen molar-refractivity contribution in [3.8, 4) is 0 Å². The lowest BCUT2D eigenvalue weighted by molar-refractivity contribution is 0.199. The maximum Gasteiger partial charge on any atom is 0.237 e. The first kappa shape index (κ1) is 14.1. The van der Waals surface area contributed by atoms with Crippen molar-refractivity contribution in [3.63, 3.8) is 0 Å². The van der Waals surface area contributed by atoms with Crippen LogP contribution >= 0.6 is 11.8 Å². The maximum atomic E-state index is 9.44. The topological polar surface area (TPSA) is 59.2 Å². The van der Waals surface area contributed by atoms with Crippen LogP contribution in [0.1, 0.15) is 43.7 Å². The summed E-state index contributed by atoms with van der Waals surface area (Å²) in [5, 5.41) is 13.4. The zero-order chi connectivity index (χ0) is 13.7. The first-order chi connectivity index (χ1) is 9.19. The Morgan fingerprint density at radius 1 is 1.32 bits per heavy atom. The van der Waals surface area contributed by atoms with Crippen LogP contribution in [-0.2, 0) is 12.2 Å². The summed E-state index contributed by atoms with van der Waals surface area (Å²) in [6.45, 7) is 3.85. The number of nitrogens with zero attached hydrogens (tertiary/aromatic N) is 2. The second-order valence-electron chi connectivity index (χ2n) is 4.39. The normalized spacial score (nSPS) is 12.6. The number of aromatic nitrogens is 2. The third-order valence-electron chi connectivity index (χ3n) is 2.71. The Balaban J connectivity index is 1.90. The molecule has 1 N–H and O–H groups in total. The van der Waals surface area contributed by atoms with Crippen LogP contribution < -0.4 is 0 Å². The fourth-order valence-corrected chi connectivity index (χ4v) is 2.40. The molecule has 0 amide bonds. The van der Waals surface area contributed by atoms with Crippen LogP contribution in [0.2, 0.25) is 0 Å². The molecule has 1 aromatic heterocycles. The molecule has 1 atom stereocenters. The molecule has 1 heterocycles. The summed E-state index contributed by atoms with van der Waals surface area (Å²) < 4.78 is 5.18. The Morgan fingerprint density at radius 3 is 2.68 bits per heavy atom. The van der Waals surface area contributed by atoms with E-state index < -0.39 is 6.10 Å². The molecular formula is C14H18N2O2S. The standard InChI is InChI=1S/C14H18N2O2S/c1-3-4-13-15-14(18-16-13)9-19-12-7-5-11(6-8-12)10(2)17/h5-8,10,17H,3-4,9H2,1-2H3. The molecule has 0 aliphatic carbocycles. The third-order valence-corrected chi connectivity index (χ3v) is 3.71.